The van der Waals surface area contributed by atoms with Gasteiger partial charge in [0.1, 0.15) is 6.04 Å². The number of amides is 1. The Morgan fingerprint density at radius 2 is 1.54 bits per heavy atom. The van der Waals surface area contributed by atoms with Gasteiger partial charge in [-0.15, -0.1) is 0 Å². The van der Waals surface area contributed by atoms with Crippen molar-refractivity contribution in [1.29, 1.82) is 0 Å². The number of rotatable bonds is 3. The van der Waals surface area contributed by atoms with E-state index in [2.05, 4.69) is 34.1 Å². The van der Waals surface area contributed by atoms with Crippen LogP contribution in [0.4, 0.5) is 0 Å². The molecule has 1 amide bonds. The first kappa shape index (κ1) is 17.5. The quantitative estimate of drug-likeness (QED) is 0.832. The van der Waals surface area contributed by atoms with Crippen molar-refractivity contribution < 1.29 is 4.79 Å². The van der Waals surface area contributed by atoms with E-state index in [0.717, 1.165) is 44.3 Å². The summed E-state index contributed by atoms with van der Waals surface area (Å²) in [4.78, 5) is 19.0. The second-order valence-corrected chi connectivity index (χ2v) is 7.69. The lowest BCUT2D eigenvalue weighted by atomic mass is 10.0. The summed E-state index contributed by atoms with van der Waals surface area (Å²) in [6.45, 7) is 5.56. The van der Waals surface area contributed by atoms with E-state index in [-0.39, 0.29) is 11.9 Å². The first-order valence-electron chi connectivity index (χ1n) is 9.16. The van der Waals surface area contributed by atoms with Crippen molar-refractivity contribution in [3.8, 4) is 11.1 Å². The molecule has 0 bridgehead atoms. The van der Waals surface area contributed by atoms with Crippen LogP contribution in [0.2, 0.25) is 5.02 Å². The zero-order chi connectivity index (χ0) is 18.1. The molecule has 0 aliphatic carbocycles. The Hall–Kier alpha value is -1.88. The van der Waals surface area contributed by atoms with Gasteiger partial charge < -0.3 is 4.90 Å². The molecule has 4 nitrogen and oxygen atoms in total. The van der Waals surface area contributed by atoms with Gasteiger partial charge in [-0.1, -0.05) is 48.0 Å². The van der Waals surface area contributed by atoms with E-state index < -0.39 is 0 Å². The van der Waals surface area contributed by atoms with Gasteiger partial charge in [-0.3, -0.25) is 14.6 Å². The van der Waals surface area contributed by atoms with E-state index in [1.807, 2.05) is 36.2 Å². The SMILES string of the molecule is CN1CCN2CCN(Cc3ccc(-c4ccc(Cl)cc4)cc3)CC2C1=O. The predicted molar refractivity (Wildman–Crippen MR) is 105 cm³/mol. The maximum absolute atomic E-state index is 12.4. The Bertz CT molecular complexity index is 775. The molecule has 1 atom stereocenters. The number of nitrogens with zero attached hydrogens (tertiary/aromatic N) is 3. The maximum Gasteiger partial charge on any atom is 0.241 e. The van der Waals surface area contributed by atoms with Gasteiger partial charge in [0.05, 0.1) is 0 Å². The first-order chi connectivity index (χ1) is 12.6. The molecule has 0 saturated carbocycles. The van der Waals surface area contributed by atoms with Crippen molar-refractivity contribution in [3.05, 3.63) is 59.1 Å². The molecule has 2 fully saturated rings. The maximum atomic E-state index is 12.4. The minimum Gasteiger partial charge on any atom is -0.343 e. The molecular weight excluding hydrogens is 346 g/mol. The van der Waals surface area contributed by atoms with E-state index in [1.54, 1.807) is 0 Å². The lowest BCUT2D eigenvalue weighted by Gasteiger charge is -2.45. The van der Waals surface area contributed by atoms with Crippen LogP contribution in [0.3, 0.4) is 0 Å². The highest BCUT2D eigenvalue weighted by Gasteiger charge is 2.36. The van der Waals surface area contributed by atoms with Crippen LogP contribution in [0.1, 0.15) is 5.56 Å². The fourth-order valence-electron chi connectivity index (χ4n) is 3.87. The van der Waals surface area contributed by atoms with E-state index in [1.165, 1.54) is 16.7 Å². The number of hydrogen-bond donors (Lipinski definition) is 0. The molecule has 2 aromatic rings. The number of carbonyl (C=O) groups is 1. The van der Waals surface area contributed by atoms with Crippen LogP contribution in [0, 0.1) is 0 Å². The van der Waals surface area contributed by atoms with Crippen LogP contribution in [0.25, 0.3) is 11.1 Å². The Morgan fingerprint density at radius 1 is 0.923 bits per heavy atom. The second-order valence-electron chi connectivity index (χ2n) is 7.25. The number of halogens is 1. The van der Waals surface area contributed by atoms with Gasteiger partial charge in [0.25, 0.3) is 0 Å². The molecule has 4 rings (SSSR count). The number of hydrogen-bond acceptors (Lipinski definition) is 3. The molecule has 136 valence electrons. The van der Waals surface area contributed by atoms with E-state index in [0.29, 0.717) is 0 Å². The van der Waals surface area contributed by atoms with Crippen molar-refractivity contribution in [2.24, 2.45) is 0 Å². The third kappa shape index (κ3) is 3.63. The summed E-state index contributed by atoms with van der Waals surface area (Å²) in [5.74, 6) is 0.263. The van der Waals surface area contributed by atoms with Crippen LogP contribution in [-0.2, 0) is 11.3 Å². The molecule has 2 aliphatic heterocycles. The number of likely N-dealkylation sites (N-methyl/N-ethyl adjacent to an activating group) is 1. The molecule has 0 spiro atoms. The standard InChI is InChI=1S/C21H24ClN3O/c1-23-10-12-25-13-11-24(15-20(25)21(23)26)14-16-2-4-17(5-3-16)18-6-8-19(22)9-7-18/h2-9,20H,10-15H2,1H3. The highest BCUT2D eigenvalue weighted by molar-refractivity contribution is 6.30. The molecule has 2 aromatic carbocycles. The molecule has 2 saturated heterocycles. The van der Waals surface area contributed by atoms with E-state index in [4.69, 9.17) is 11.6 Å². The van der Waals surface area contributed by atoms with E-state index in [9.17, 15) is 4.79 Å². The third-order valence-electron chi connectivity index (χ3n) is 5.50. The van der Waals surface area contributed by atoms with Gasteiger partial charge in [-0.25, -0.2) is 0 Å². The number of piperazine rings is 2. The number of carbonyl (C=O) groups excluding carboxylic acids is 1. The van der Waals surface area contributed by atoms with Gasteiger partial charge in [0.2, 0.25) is 5.91 Å². The van der Waals surface area contributed by atoms with Crippen LogP contribution in [0.15, 0.2) is 48.5 Å². The second kappa shape index (κ2) is 7.39. The topological polar surface area (TPSA) is 26.8 Å². The Balaban J connectivity index is 1.41. The van der Waals surface area contributed by atoms with Crippen LogP contribution >= 0.6 is 11.6 Å². The Labute approximate surface area is 160 Å². The Morgan fingerprint density at radius 3 is 2.23 bits per heavy atom. The van der Waals surface area contributed by atoms with E-state index >= 15 is 0 Å². The highest BCUT2D eigenvalue weighted by atomic mass is 35.5. The summed E-state index contributed by atoms with van der Waals surface area (Å²) < 4.78 is 0. The van der Waals surface area contributed by atoms with Crippen molar-refractivity contribution >= 4 is 17.5 Å². The molecule has 0 N–H and O–H groups in total. The van der Waals surface area contributed by atoms with Gasteiger partial charge in [0, 0.05) is 51.3 Å². The molecule has 1 unspecified atom stereocenters. The molecule has 2 heterocycles. The Kier molecular flexibility index (Phi) is 4.98. The van der Waals surface area contributed by atoms with Crippen molar-refractivity contribution in [1.82, 2.24) is 14.7 Å². The summed E-state index contributed by atoms with van der Waals surface area (Å²) in [6, 6.07) is 16.6. The number of fused-ring (bicyclic) bond motifs is 1. The monoisotopic (exact) mass is 369 g/mol. The van der Waals surface area contributed by atoms with Crippen LogP contribution in [0.5, 0.6) is 0 Å². The summed E-state index contributed by atoms with van der Waals surface area (Å²) in [5, 5.41) is 0.757. The predicted octanol–water partition coefficient (Wildman–Crippen LogP) is 2.97. The summed E-state index contributed by atoms with van der Waals surface area (Å²) in [5.41, 5.74) is 3.65. The van der Waals surface area contributed by atoms with Crippen molar-refractivity contribution in [2.45, 2.75) is 12.6 Å². The molecular formula is C21H24ClN3O. The van der Waals surface area contributed by atoms with Crippen LogP contribution < -0.4 is 0 Å². The lowest BCUT2D eigenvalue weighted by molar-refractivity contribution is -0.143. The third-order valence-corrected chi connectivity index (χ3v) is 5.75. The van der Waals surface area contributed by atoms with Gasteiger partial charge in [-0.05, 0) is 28.8 Å². The molecule has 2 aliphatic rings. The van der Waals surface area contributed by atoms with Gasteiger partial charge in [0.15, 0.2) is 0 Å². The highest BCUT2D eigenvalue weighted by Crippen LogP contribution is 2.23. The average Bonchev–Trinajstić information content (AvgIpc) is 2.66. The minimum atomic E-state index is 0.0239. The summed E-state index contributed by atoms with van der Waals surface area (Å²) >= 11 is 5.96. The average molecular weight is 370 g/mol. The largest absolute Gasteiger partial charge is 0.343 e. The zero-order valence-corrected chi connectivity index (χ0v) is 15.8. The normalized spacial score (nSPS) is 21.7. The van der Waals surface area contributed by atoms with Crippen LogP contribution in [-0.4, -0.2) is 66.4 Å². The summed E-state index contributed by atoms with van der Waals surface area (Å²) in [7, 11) is 1.91. The van der Waals surface area contributed by atoms with Gasteiger partial charge in [-0.2, -0.15) is 0 Å². The molecule has 0 radical (unpaired) electrons. The van der Waals surface area contributed by atoms with Crippen molar-refractivity contribution in [3.63, 3.8) is 0 Å². The van der Waals surface area contributed by atoms with Gasteiger partial charge >= 0.3 is 0 Å². The first-order valence-corrected chi connectivity index (χ1v) is 9.54. The zero-order valence-electron chi connectivity index (χ0n) is 15.1. The fourth-order valence-corrected chi connectivity index (χ4v) is 3.99. The fraction of sp³-hybridized carbons (Fsp3) is 0.381. The minimum absolute atomic E-state index is 0.0239. The number of benzene rings is 2. The molecule has 5 heteroatoms. The lowest BCUT2D eigenvalue weighted by Crippen LogP contribution is -2.63. The summed E-state index contributed by atoms with van der Waals surface area (Å²) in [6.07, 6.45) is 0. The molecule has 0 aromatic heterocycles. The smallest absolute Gasteiger partial charge is 0.241 e. The van der Waals surface area contributed by atoms with Crippen molar-refractivity contribution in [2.75, 3.05) is 39.8 Å². The molecule has 26 heavy (non-hydrogen) atoms.